The van der Waals surface area contributed by atoms with Crippen LogP contribution in [0.4, 0.5) is 0 Å². The van der Waals surface area contributed by atoms with Crippen molar-refractivity contribution in [3.8, 4) is 0 Å². The van der Waals surface area contributed by atoms with E-state index in [1.54, 1.807) is 11.3 Å². The van der Waals surface area contributed by atoms with E-state index < -0.39 is 0 Å². The summed E-state index contributed by atoms with van der Waals surface area (Å²) in [5, 5.41) is 7.03. The van der Waals surface area contributed by atoms with E-state index >= 15 is 0 Å². The second-order valence-electron chi connectivity index (χ2n) is 5.58. The van der Waals surface area contributed by atoms with E-state index in [1.165, 1.54) is 42.9 Å². The molecule has 1 aromatic rings. The Bertz CT molecular complexity index is 346. The Hall–Kier alpha value is -0.410. The highest BCUT2D eigenvalue weighted by Crippen LogP contribution is 2.34. The number of nitrogens with one attached hydrogen (secondary N) is 1. The summed E-state index contributed by atoms with van der Waals surface area (Å²) in [5.41, 5.74) is 1.31. The van der Waals surface area contributed by atoms with Crippen molar-refractivity contribution in [1.29, 1.82) is 0 Å². The average molecular weight is 252 g/mol. The molecule has 1 fully saturated rings. The molecule has 2 atom stereocenters. The quantitative estimate of drug-likeness (QED) is 0.868. The summed E-state index contributed by atoms with van der Waals surface area (Å²) in [6.45, 7) is 7.74. The third-order valence-corrected chi connectivity index (χ3v) is 4.57. The molecule has 0 radical (unpaired) electrons. The van der Waals surface area contributed by atoms with Crippen molar-refractivity contribution in [2.45, 2.75) is 52.5 Å². The molecular weight excluding hydrogens is 228 g/mol. The fraction of sp³-hybridized carbons (Fsp3) is 0.786. The van der Waals surface area contributed by atoms with Gasteiger partial charge in [0.2, 0.25) is 0 Å². The van der Waals surface area contributed by atoms with E-state index in [-0.39, 0.29) is 0 Å². The van der Waals surface area contributed by atoms with Gasteiger partial charge in [-0.3, -0.25) is 0 Å². The summed E-state index contributed by atoms with van der Waals surface area (Å²) in [6, 6.07) is 0.609. The summed E-state index contributed by atoms with van der Waals surface area (Å²) in [7, 11) is 0. The van der Waals surface area contributed by atoms with Crippen LogP contribution in [-0.2, 0) is 6.42 Å². The van der Waals surface area contributed by atoms with Gasteiger partial charge in [0.25, 0.3) is 0 Å². The van der Waals surface area contributed by atoms with Gasteiger partial charge in [-0.15, -0.1) is 11.3 Å². The van der Waals surface area contributed by atoms with Gasteiger partial charge >= 0.3 is 0 Å². The third kappa shape index (κ3) is 3.78. The van der Waals surface area contributed by atoms with Crippen LogP contribution in [0.25, 0.3) is 0 Å². The highest BCUT2D eigenvalue weighted by molar-refractivity contribution is 7.09. The molecule has 0 aromatic carbocycles. The number of hydrogen-bond acceptors (Lipinski definition) is 3. The number of hydrogen-bond donors (Lipinski definition) is 1. The topological polar surface area (TPSA) is 24.9 Å². The Morgan fingerprint density at radius 3 is 2.82 bits per heavy atom. The minimum atomic E-state index is 0.609. The first-order valence-corrected chi connectivity index (χ1v) is 7.67. The molecule has 1 N–H and O–H groups in total. The lowest BCUT2D eigenvalue weighted by molar-refractivity contribution is 0.352. The fourth-order valence-corrected chi connectivity index (χ4v) is 3.43. The number of rotatable bonds is 5. The molecule has 0 aliphatic heterocycles. The molecule has 0 amide bonds. The van der Waals surface area contributed by atoms with Gasteiger partial charge in [0.05, 0.1) is 10.7 Å². The van der Waals surface area contributed by atoms with Crippen LogP contribution in [0.15, 0.2) is 5.38 Å². The number of aromatic nitrogens is 1. The van der Waals surface area contributed by atoms with Crippen LogP contribution in [0.1, 0.15) is 43.8 Å². The second-order valence-corrected chi connectivity index (χ2v) is 6.64. The van der Waals surface area contributed by atoms with E-state index in [1.807, 2.05) is 0 Å². The highest BCUT2D eigenvalue weighted by Gasteiger charge is 2.27. The van der Waals surface area contributed by atoms with Gasteiger partial charge in [0.15, 0.2) is 0 Å². The first-order chi connectivity index (χ1) is 8.15. The van der Waals surface area contributed by atoms with Gasteiger partial charge in [-0.2, -0.15) is 0 Å². The van der Waals surface area contributed by atoms with Crippen LogP contribution in [-0.4, -0.2) is 17.6 Å². The second kappa shape index (κ2) is 5.96. The number of aryl methyl sites for hydroxylation is 1. The van der Waals surface area contributed by atoms with Crippen LogP contribution < -0.4 is 5.32 Å². The van der Waals surface area contributed by atoms with E-state index in [0.717, 1.165) is 11.8 Å². The monoisotopic (exact) mass is 252 g/mol. The Kier molecular flexibility index (Phi) is 4.57. The SMILES string of the molecule is Cc1nc(CC2CCCC2CNC(C)C)cs1. The van der Waals surface area contributed by atoms with Gasteiger partial charge in [-0.25, -0.2) is 4.98 Å². The molecular formula is C14H24N2S. The van der Waals surface area contributed by atoms with Gasteiger partial charge in [0.1, 0.15) is 0 Å². The van der Waals surface area contributed by atoms with Crippen molar-refractivity contribution in [3.05, 3.63) is 16.1 Å². The standard InChI is InChI=1S/C14H24N2S/c1-10(2)15-8-13-6-4-5-12(13)7-14-9-17-11(3)16-14/h9-10,12-13,15H,4-8H2,1-3H3. The minimum Gasteiger partial charge on any atom is -0.314 e. The van der Waals surface area contributed by atoms with Crippen LogP contribution in [0.2, 0.25) is 0 Å². The molecule has 0 saturated heterocycles. The molecule has 3 heteroatoms. The highest BCUT2D eigenvalue weighted by atomic mass is 32.1. The summed E-state index contributed by atoms with van der Waals surface area (Å²) in [4.78, 5) is 4.60. The summed E-state index contributed by atoms with van der Waals surface area (Å²) in [5.74, 6) is 1.71. The zero-order valence-corrected chi connectivity index (χ0v) is 12.0. The first kappa shape index (κ1) is 13.0. The van der Waals surface area contributed by atoms with Crippen LogP contribution in [0.5, 0.6) is 0 Å². The molecule has 96 valence electrons. The first-order valence-electron chi connectivity index (χ1n) is 6.79. The summed E-state index contributed by atoms with van der Waals surface area (Å²) in [6.07, 6.45) is 5.38. The maximum atomic E-state index is 4.60. The van der Waals surface area contributed by atoms with Gasteiger partial charge in [-0.05, 0) is 44.6 Å². The average Bonchev–Trinajstić information content (AvgIpc) is 2.86. The molecule has 1 aliphatic carbocycles. The Morgan fingerprint density at radius 1 is 1.41 bits per heavy atom. The predicted octanol–water partition coefficient (Wildman–Crippen LogP) is 3.41. The van der Waals surface area contributed by atoms with Gasteiger partial charge in [-0.1, -0.05) is 20.3 Å². The fourth-order valence-electron chi connectivity index (χ4n) is 2.81. The molecule has 1 aliphatic rings. The normalized spacial score (nSPS) is 24.7. The lowest BCUT2D eigenvalue weighted by Crippen LogP contribution is -2.31. The van der Waals surface area contributed by atoms with Gasteiger partial charge in [0, 0.05) is 11.4 Å². The van der Waals surface area contributed by atoms with Crippen LogP contribution >= 0.6 is 11.3 Å². The molecule has 1 aromatic heterocycles. The maximum absolute atomic E-state index is 4.60. The van der Waals surface area contributed by atoms with Crippen molar-refractivity contribution in [2.24, 2.45) is 11.8 Å². The van der Waals surface area contributed by atoms with Gasteiger partial charge < -0.3 is 5.32 Å². The van der Waals surface area contributed by atoms with E-state index in [0.29, 0.717) is 6.04 Å². The number of thiazole rings is 1. The molecule has 1 saturated carbocycles. The van der Waals surface area contributed by atoms with Crippen LogP contribution in [0, 0.1) is 18.8 Å². The minimum absolute atomic E-state index is 0.609. The number of nitrogens with zero attached hydrogens (tertiary/aromatic N) is 1. The van der Waals surface area contributed by atoms with Crippen molar-refractivity contribution in [2.75, 3.05) is 6.54 Å². The van der Waals surface area contributed by atoms with E-state index in [2.05, 4.69) is 36.5 Å². The summed E-state index contributed by atoms with van der Waals surface area (Å²) < 4.78 is 0. The van der Waals surface area contributed by atoms with E-state index in [9.17, 15) is 0 Å². The zero-order chi connectivity index (χ0) is 12.3. The molecule has 17 heavy (non-hydrogen) atoms. The smallest absolute Gasteiger partial charge is 0.0897 e. The lowest BCUT2D eigenvalue weighted by Gasteiger charge is -2.20. The Morgan fingerprint density at radius 2 is 2.18 bits per heavy atom. The van der Waals surface area contributed by atoms with Crippen molar-refractivity contribution < 1.29 is 0 Å². The maximum Gasteiger partial charge on any atom is 0.0897 e. The van der Waals surface area contributed by atoms with Crippen molar-refractivity contribution >= 4 is 11.3 Å². The van der Waals surface area contributed by atoms with Crippen molar-refractivity contribution in [3.63, 3.8) is 0 Å². The third-order valence-electron chi connectivity index (χ3n) is 3.74. The predicted molar refractivity (Wildman–Crippen MR) is 74.5 cm³/mol. The molecule has 2 nitrogen and oxygen atoms in total. The van der Waals surface area contributed by atoms with E-state index in [4.69, 9.17) is 0 Å². The summed E-state index contributed by atoms with van der Waals surface area (Å²) >= 11 is 1.78. The Balaban J connectivity index is 1.86. The zero-order valence-electron chi connectivity index (χ0n) is 11.2. The van der Waals surface area contributed by atoms with Crippen molar-refractivity contribution in [1.82, 2.24) is 10.3 Å². The molecule has 0 bridgehead atoms. The Labute approximate surface area is 109 Å². The largest absolute Gasteiger partial charge is 0.314 e. The molecule has 2 unspecified atom stereocenters. The molecule has 1 heterocycles. The molecule has 2 rings (SSSR count). The lowest BCUT2D eigenvalue weighted by atomic mass is 9.91. The molecule has 0 spiro atoms. The van der Waals surface area contributed by atoms with Crippen LogP contribution in [0.3, 0.4) is 0 Å².